The van der Waals surface area contributed by atoms with E-state index < -0.39 is 0 Å². The Labute approximate surface area is 110 Å². The zero-order valence-corrected chi connectivity index (χ0v) is 11.0. The van der Waals surface area contributed by atoms with Gasteiger partial charge in [-0.2, -0.15) is 0 Å². The predicted molar refractivity (Wildman–Crippen MR) is 75.6 cm³/mol. The number of hydrogen-bond donors (Lipinski definition) is 0. The number of rotatable bonds is 1. The summed E-state index contributed by atoms with van der Waals surface area (Å²) in [6.45, 7) is 0. The molecule has 1 aromatic rings. The van der Waals surface area contributed by atoms with Gasteiger partial charge in [0.2, 0.25) is 0 Å². The van der Waals surface area contributed by atoms with Gasteiger partial charge in [0.15, 0.2) is 0 Å². The van der Waals surface area contributed by atoms with Gasteiger partial charge in [-0.15, -0.1) is 0 Å². The van der Waals surface area contributed by atoms with E-state index in [-0.39, 0.29) is 0 Å². The molecule has 1 atom stereocenters. The predicted octanol–water partition coefficient (Wildman–Crippen LogP) is 4.64. The quantitative estimate of drug-likeness (QED) is 0.656. The van der Waals surface area contributed by atoms with Crippen LogP contribution in [0.3, 0.4) is 0 Å². The minimum absolute atomic E-state index is 0.410. The summed E-state index contributed by atoms with van der Waals surface area (Å²) in [6.07, 6.45) is 11.7. The number of allylic oxidation sites excluding steroid dienone is 2. The number of carbonyl (C=O) groups is 1. The molecule has 1 nitrogen and oxygen atoms in total. The van der Waals surface area contributed by atoms with E-state index in [9.17, 15) is 4.79 Å². The number of hydrogen-bond acceptors (Lipinski definition) is 1. The van der Waals surface area contributed by atoms with Crippen LogP contribution >= 0.6 is 0 Å². The molecule has 1 aromatic carbocycles. The Morgan fingerprint density at radius 1 is 0.944 bits per heavy atom. The SMILES string of the molecule is O=C1CCCCC/C=C/C(c2ccccc2)CC1. The first-order chi connectivity index (χ1) is 8.86. The van der Waals surface area contributed by atoms with Crippen LogP contribution in [-0.2, 0) is 4.79 Å². The highest BCUT2D eigenvalue weighted by Crippen LogP contribution is 2.24. The van der Waals surface area contributed by atoms with Crippen LogP contribution in [0.2, 0.25) is 0 Å². The summed E-state index contributed by atoms with van der Waals surface area (Å²) in [4.78, 5) is 11.8. The van der Waals surface area contributed by atoms with Gasteiger partial charge in [-0.05, 0) is 31.2 Å². The fourth-order valence-corrected chi connectivity index (χ4v) is 2.54. The average molecular weight is 242 g/mol. The molecule has 0 N–H and O–H groups in total. The van der Waals surface area contributed by atoms with Gasteiger partial charge in [0.25, 0.3) is 0 Å². The van der Waals surface area contributed by atoms with Crippen LogP contribution in [0.5, 0.6) is 0 Å². The van der Waals surface area contributed by atoms with Gasteiger partial charge in [0.1, 0.15) is 5.78 Å². The van der Waals surface area contributed by atoms with Crippen molar-refractivity contribution in [2.75, 3.05) is 0 Å². The molecule has 0 amide bonds. The Balaban J connectivity index is 2.07. The Kier molecular flexibility index (Phi) is 5.19. The molecule has 0 aliphatic heterocycles. The van der Waals surface area contributed by atoms with Gasteiger partial charge in [0, 0.05) is 18.8 Å². The fourth-order valence-electron chi connectivity index (χ4n) is 2.54. The Bertz CT molecular complexity index is 391. The third kappa shape index (κ3) is 4.14. The molecule has 0 aromatic heterocycles. The number of benzene rings is 1. The average Bonchev–Trinajstić information content (AvgIpc) is 2.45. The normalized spacial score (nSPS) is 24.2. The van der Waals surface area contributed by atoms with Crippen molar-refractivity contribution in [1.29, 1.82) is 0 Å². The molecule has 0 fully saturated rings. The molecular weight excluding hydrogens is 220 g/mol. The van der Waals surface area contributed by atoms with Gasteiger partial charge >= 0.3 is 0 Å². The van der Waals surface area contributed by atoms with E-state index in [1.165, 1.54) is 18.4 Å². The van der Waals surface area contributed by atoms with E-state index >= 15 is 0 Å². The van der Waals surface area contributed by atoms with Crippen molar-refractivity contribution in [1.82, 2.24) is 0 Å². The smallest absolute Gasteiger partial charge is 0.132 e. The summed E-state index contributed by atoms with van der Waals surface area (Å²) in [5, 5.41) is 0. The molecule has 1 aliphatic rings. The van der Waals surface area contributed by atoms with Crippen LogP contribution in [0.25, 0.3) is 0 Å². The summed E-state index contributed by atoms with van der Waals surface area (Å²) in [6, 6.07) is 10.5. The van der Waals surface area contributed by atoms with E-state index in [0.29, 0.717) is 11.7 Å². The maximum absolute atomic E-state index is 11.8. The third-order valence-electron chi connectivity index (χ3n) is 3.66. The molecule has 96 valence electrons. The van der Waals surface area contributed by atoms with Gasteiger partial charge in [0.05, 0.1) is 0 Å². The lowest BCUT2D eigenvalue weighted by atomic mass is 9.92. The van der Waals surface area contributed by atoms with Crippen LogP contribution in [0.4, 0.5) is 0 Å². The zero-order chi connectivity index (χ0) is 12.6. The Morgan fingerprint density at radius 2 is 1.78 bits per heavy atom. The molecule has 0 spiro atoms. The lowest BCUT2D eigenvalue weighted by Gasteiger charge is -2.12. The minimum Gasteiger partial charge on any atom is -0.300 e. The lowest BCUT2D eigenvalue weighted by molar-refractivity contribution is -0.119. The Hall–Kier alpha value is -1.37. The van der Waals surface area contributed by atoms with Gasteiger partial charge in [-0.25, -0.2) is 0 Å². The Morgan fingerprint density at radius 3 is 2.61 bits per heavy atom. The topological polar surface area (TPSA) is 17.1 Å². The molecule has 1 heteroatoms. The lowest BCUT2D eigenvalue weighted by Crippen LogP contribution is -2.02. The molecule has 2 rings (SSSR count). The van der Waals surface area contributed by atoms with Crippen molar-refractivity contribution in [3.63, 3.8) is 0 Å². The highest BCUT2D eigenvalue weighted by Gasteiger charge is 2.11. The molecule has 0 heterocycles. The summed E-state index contributed by atoms with van der Waals surface area (Å²) in [5.74, 6) is 0.847. The largest absolute Gasteiger partial charge is 0.300 e. The number of carbonyl (C=O) groups excluding carboxylic acids is 1. The van der Waals surface area contributed by atoms with E-state index in [2.05, 4.69) is 36.4 Å². The maximum Gasteiger partial charge on any atom is 0.132 e. The highest BCUT2D eigenvalue weighted by molar-refractivity contribution is 5.78. The summed E-state index contributed by atoms with van der Waals surface area (Å²) < 4.78 is 0. The minimum atomic E-state index is 0.410. The third-order valence-corrected chi connectivity index (χ3v) is 3.66. The van der Waals surface area contributed by atoms with Crippen LogP contribution in [0.15, 0.2) is 42.5 Å². The van der Waals surface area contributed by atoms with Crippen molar-refractivity contribution in [3.05, 3.63) is 48.0 Å². The van der Waals surface area contributed by atoms with E-state index in [4.69, 9.17) is 0 Å². The summed E-state index contributed by atoms with van der Waals surface area (Å²) >= 11 is 0. The van der Waals surface area contributed by atoms with Crippen molar-refractivity contribution >= 4 is 5.78 Å². The molecule has 0 bridgehead atoms. The second-order valence-electron chi connectivity index (χ2n) is 5.12. The molecule has 0 saturated heterocycles. The first kappa shape index (κ1) is 13.1. The number of ketones is 1. The van der Waals surface area contributed by atoms with Gasteiger partial charge in [-0.1, -0.05) is 48.9 Å². The molecule has 18 heavy (non-hydrogen) atoms. The first-order valence-electron chi connectivity index (χ1n) is 7.09. The maximum atomic E-state index is 11.8. The van der Waals surface area contributed by atoms with Crippen LogP contribution in [0, 0.1) is 0 Å². The van der Waals surface area contributed by atoms with Crippen molar-refractivity contribution < 1.29 is 4.79 Å². The van der Waals surface area contributed by atoms with Crippen LogP contribution < -0.4 is 0 Å². The molecule has 0 radical (unpaired) electrons. The zero-order valence-electron chi connectivity index (χ0n) is 11.0. The van der Waals surface area contributed by atoms with Gasteiger partial charge < -0.3 is 0 Å². The first-order valence-corrected chi connectivity index (χ1v) is 7.09. The number of Topliss-reactive ketones (excluding diaryl/α,β-unsaturated/α-hetero) is 1. The summed E-state index contributed by atoms with van der Waals surface area (Å²) in [5.41, 5.74) is 1.33. The monoisotopic (exact) mass is 242 g/mol. The van der Waals surface area contributed by atoms with E-state index in [1.807, 2.05) is 6.07 Å². The van der Waals surface area contributed by atoms with Crippen molar-refractivity contribution in [3.8, 4) is 0 Å². The standard InChI is InChI=1S/C17H22O/c18-17-12-8-3-1-2-5-11-16(13-14-17)15-9-6-4-7-10-15/h4-7,9-11,16H,1-3,8,12-14H2/b11-5+. The molecule has 1 aliphatic carbocycles. The second kappa shape index (κ2) is 7.15. The second-order valence-corrected chi connectivity index (χ2v) is 5.12. The molecular formula is C17H22O. The molecule has 0 saturated carbocycles. The van der Waals surface area contributed by atoms with Gasteiger partial charge in [-0.3, -0.25) is 4.79 Å². The van der Waals surface area contributed by atoms with Crippen molar-refractivity contribution in [2.45, 2.75) is 50.9 Å². The van der Waals surface area contributed by atoms with E-state index in [0.717, 1.165) is 32.1 Å². The summed E-state index contributed by atoms with van der Waals surface area (Å²) in [7, 11) is 0. The van der Waals surface area contributed by atoms with Crippen molar-refractivity contribution in [2.24, 2.45) is 0 Å². The fraction of sp³-hybridized carbons (Fsp3) is 0.471. The highest BCUT2D eigenvalue weighted by atomic mass is 16.1. The molecule has 1 unspecified atom stereocenters. The van der Waals surface area contributed by atoms with E-state index in [1.54, 1.807) is 0 Å². The van der Waals surface area contributed by atoms with Crippen LogP contribution in [-0.4, -0.2) is 5.78 Å². The van der Waals surface area contributed by atoms with Crippen LogP contribution in [0.1, 0.15) is 56.4 Å².